The lowest BCUT2D eigenvalue weighted by Gasteiger charge is -2.00. The van der Waals surface area contributed by atoms with Crippen LogP contribution < -0.4 is 0 Å². The fraction of sp³-hybridized carbons (Fsp3) is 0.667. The van der Waals surface area contributed by atoms with Gasteiger partial charge in [-0.1, -0.05) is 36.9 Å². The molecule has 2 unspecified atom stereocenters. The van der Waals surface area contributed by atoms with Gasteiger partial charge in [0.15, 0.2) is 14.7 Å². The van der Waals surface area contributed by atoms with Crippen LogP contribution in [0.5, 0.6) is 0 Å². The molecule has 0 aliphatic carbocycles. The van der Waals surface area contributed by atoms with Gasteiger partial charge in [0, 0.05) is 25.7 Å². The predicted molar refractivity (Wildman–Crippen MR) is 89.9 cm³/mol. The second kappa shape index (κ2) is 12.7. The highest BCUT2D eigenvalue weighted by molar-refractivity contribution is 7.57. The molecule has 0 aliphatic rings. The van der Waals surface area contributed by atoms with Gasteiger partial charge in [-0.2, -0.15) is 0 Å². The summed E-state index contributed by atoms with van der Waals surface area (Å²) < 4.78 is 21.3. The van der Waals surface area contributed by atoms with E-state index in [4.69, 9.17) is 25.5 Å². The predicted octanol–water partition coefficient (Wildman–Crippen LogP) is 2.84. The Kier molecular flexibility index (Phi) is 14.2. The van der Waals surface area contributed by atoms with Crippen molar-refractivity contribution in [3.05, 3.63) is 24.3 Å². The maximum Gasteiger partial charge on any atom is 0.197 e. The Bertz CT molecular complexity index is 336. The van der Waals surface area contributed by atoms with Crippen molar-refractivity contribution in [2.45, 2.75) is 25.5 Å². The zero-order valence-corrected chi connectivity index (χ0v) is 14.1. The molecular weight excluding hydrogens is 292 g/mol. The van der Waals surface area contributed by atoms with E-state index in [1.807, 2.05) is 12.2 Å². The fourth-order valence-electron chi connectivity index (χ4n) is 1.06. The zero-order chi connectivity index (χ0) is 16.1. The molecule has 4 nitrogen and oxygen atoms in total. The molecule has 0 spiro atoms. The van der Waals surface area contributed by atoms with Gasteiger partial charge >= 0.3 is 0 Å². The monoisotopic (exact) mass is 316 g/mol. The lowest BCUT2D eigenvalue weighted by atomic mass is 10.1. The lowest BCUT2D eigenvalue weighted by molar-refractivity contribution is 0.483. The first-order valence-electron chi connectivity index (χ1n) is 6.41. The average molecular weight is 316 g/mol. The Morgan fingerprint density at radius 2 is 1.10 bits per heavy atom. The molecule has 0 aromatic rings. The van der Waals surface area contributed by atoms with Crippen molar-refractivity contribution in [1.82, 2.24) is 0 Å². The first kappa shape index (κ1) is 22.3. The van der Waals surface area contributed by atoms with Crippen LogP contribution in [0, 0.1) is 0 Å². The SMILES string of the molecule is [B]C/C=C/CCP(C)(=O)O.[B]C/C=C\CCP(C)(=O)O. The summed E-state index contributed by atoms with van der Waals surface area (Å²) in [5, 5.41) is 0. The number of hydrogen-bond acceptors (Lipinski definition) is 2. The summed E-state index contributed by atoms with van der Waals surface area (Å²) >= 11 is 0. The van der Waals surface area contributed by atoms with Crippen molar-refractivity contribution in [3.8, 4) is 0 Å². The molecule has 0 rings (SSSR count). The summed E-state index contributed by atoms with van der Waals surface area (Å²) in [4.78, 5) is 17.6. The second-order valence-corrected chi connectivity index (χ2v) is 9.64. The van der Waals surface area contributed by atoms with E-state index >= 15 is 0 Å². The largest absolute Gasteiger partial charge is 0.344 e. The van der Waals surface area contributed by atoms with E-state index in [0.29, 0.717) is 37.8 Å². The minimum absolute atomic E-state index is 0.351. The van der Waals surface area contributed by atoms with E-state index in [1.165, 1.54) is 13.3 Å². The van der Waals surface area contributed by atoms with E-state index in [0.717, 1.165) is 0 Å². The van der Waals surface area contributed by atoms with Gasteiger partial charge in [-0.05, 0) is 12.8 Å². The smallest absolute Gasteiger partial charge is 0.197 e. The Labute approximate surface area is 125 Å². The molecule has 2 N–H and O–H groups in total. The third-order valence-corrected chi connectivity index (χ3v) is 4.20. The molecule has 0 saturated heterocycles. The Morgan fingerprint density at radius 1 is 0.800 bits per heavy atom. The molecule has 8 heteroatoms. The maximum absolute atomic E-state index is 10.7. The molecule has 0 aliphatic heterocycles. The topological polar surface area (TPSA) is 74.6 Å². The molecule has 4 radical (unpaired) electrons. The van der Waals surface area contributed by atoms with Crippen LogP contribution in [0.2, 0.25) is 12.6 Å². The van der Waals surface area contributed by atoms with Crippen LogP contribution in [0.3, 0.4) is 0 Å². The third kappa shape index (κ3) is 26.5. The lowest BCUT2D eigenvalue weighted by Crippen LogP contribution is -1.83. The fourth-order valence-corrected chi connectivity index (χ4v) is 2.31. The van der Waals surface area contributed by atoms with Crippen LogP contribution >= 0.6 is 14.7 Å². The van der Waals surface area contributed by atoms with Crippen molar-refractivity contribution in [2.24, 2.45) is 0 Å². The van der Waals surface area contributed by atoms with E-state index in [9.17, 15) is 9.13 Å². The van der Waals surface area contributed by atoms with Gasteiger partial charge in [0.25, 0.3) is 0 Å². The van der Waals surface area contributed by atoms with Crippen LogP contribution in [0.25, 0.3) is 0 Å². The first-order valence-corrected chi connectivity index (χ1v) is 11.0. The zero-order valence-electron chi connectivity index (χ0n) is 12.3. The Hall–Kier alpha value is -0.0101. The van der Waals surface area contributed by atoms with Gasteiger partial charge in [-0.15, -0.1) is 0 Å². The number of hydrogen-bond donors (Lipinski definition) is 2. The summed E-state index contributed by atoms with van der Waals surface area (Å²) in [5.41, 5.74) is 0. The van der Waals surface area contributed by atoms with Crippen LogP contribution in [-0.4, -0.2) is 51.1 Å². The molecule has 0 aromatic carbocycles. The highest BCUT2D eigenvalue weighted by Gasteiger charge is 2.06. The standard InChI is InChI=1S/2C6H12BO2P/c2*1-10(8,9)6-4-2-3-5-7/h2*2-3H,4-6H2,1H3,(H,8,9)/b3-2+;3-2-. The van der Waals surface area contributed by atoms with E-state index in [1.54, 1.807) is 12.2 Å². The van der Waals surface area contributed by atoms with Gasteiger partial charge in [-0.3, -0.25) is 9.13 Å². The van der Waals surface area contributed by atoms with Crippen LogP contribution in [0.4, 0.5) is 0 Å². The van der Waals surface area contributed by atoms with Crippen LogP contribution in [-0.2, 0) is 9.13 Å². The maximum atomic E-state index is 10.7. The molecule has 0 amide bonds. The summed E-state index contributed by atoms with van der Waals surface area (Å²) in [7, 11) is 4.72. The summed E-state index contributed by atoms with van der Waals surface area (Å²) in [5.74, 6) is 0. The molecule has 112 valence electrons. The second-order valence-electron chi connectivity index (χ2n) is 4.54. The minimum Gasteiger partial charge on any atom is -0.344 e. The quantitative estimate of drug-likeness (QED) is 0.410. The summed E-state index contributed by atoms with van der Waals surface area (Å²) in [6.45, 7) is 2.73. The van der Waals surface area contributed by atoms with Gasteiger partial charge < -0.3 is 9.79 Å². The molecule has 0 fully saturated rings. The molecule has 0 heterocycles. The average Bonchev–Trinajstić information content (AvgIpc) is 2.29. The minimum atomic E-state index is -2.80. The van der Waals surface area contributed by atoms with Gasteiger partial charge in [0.05, 0.1) is 15.7 Å². The highest BCUT2D eigenvalue weighted by atomic mass is 31.2. The van der Waals surface area contributed by atoms with Crippen molar-refractivity contribution < 1.29 is 18.9 Å². The van der Waals surface area contributed by atoms with E-state index in [2.05, 4.69) is 0 Å². The van der Waals surface area contributed by atoms with E-state index in [-0.39, 0.29) is 0 Å². The van der Waals surface area contributed by atoms with Crippen LogP contribution in [0.15, 0.2) is 24.3 Å². The van der Waals surface area contributed by atoms with Crippen molar-refractivity contribution in [1.29, 1.82) is 0 Å². The van der Waals surface area contributed by atoms with Crippen LogP contribution in [0.1, 0.15) is 12.8 Å². The van der Waals surface area contributed by atoms with Gasteiger partial charge in [-0.25, -0.2) is 0 Å². The molecule has 20 heavy (non-hydrogen) atoms. The summed E-state index contributed by atoms with van der Waals surface area (Å²) in [6.07, 6.45) is 10.2. The van der Waals surface area contributed by atoms with Crippen molar-refractivity contribution >= 4 is 30.4 Å². The normalized spacial score (nSPS) is 17.4. The Balaban J connectivity index is 0. The molecular formula is C12H24B2O4P2. The molecule has 0 bridgehead atoms. The highest BCUT2D eigenvalue weighted by Crippen LogP contribution is 2.36. The molecule has 0 saturated carbocycles. The van der Waals surface area contributed by atoms with Crippen molar-refractivity contribution in [3.63, 3.8) is 0 Å². The van der Waals surface area contributed by atoms with Gasteiger partial charge in [0.2, 0.25) is 0 Å². The number of allylic oxidation sites excluding steroid dienone is 4. The van der Waals surface area contributed by atoms with Gasteiger partial charge in [0.1, 0.15) is 0 Å². The Morgan fingerprint density at radius 3 is 1.30 bits per heavy atom. The third-order valence-electron chi connectivity index (χ3n) is 2.03. The van der Waals surface area contributed by atoms with E-state index < -0.39 is 14.7 Å². The summed E-state index contributed by atoms with van der Waals surface area (Å²) in [6, 6.07) is 0. The molecule has 0 aromatic heterocycles. The number of rotatable bonds is 8. The van der Waals surface area contributed by atoms with Crippen molar-refractivity contribution in [2.75, 3.05) is 25.7 Å². The molecule has 2 atom stereocenters. The first-order chi connectivity index (χ1) is 9.12.